The molecule has 0 saturated carbocycles. The van der Waals surface area contributed by atoms with Gasteiger partial charge in [0.25, 0.3) is 0 Å². The highest BCUT2D eigenvalue weighted by Crippen LogP contribution is 2.27. The minimum Gasteiger partial charge on any atom is -0.330 e. The molecule has 1 unspecified atom stereocenters. The van der Waals surface area contributed by atoms with Crippen molar-refractivity contribution in [3.8, 4) is 0 Å². The van der Waals surface area contributed by atoms with Crippen molar-refractivity contribution in [1.29, 1.82) is 0 Å². The molecule has 0 saturated heterocycles. The van der Waals surface area contributed by atoms with Crippen molar-refractivity contribution in [3.05, 3.63) is 47.0 Å². The van der Waals surface area contributed by atoms with Crippen LogP contribution < -0.4 is 5.73 Å². The Balaban J connectivity index is 2.99. The van der Waals surface area contributed by atoms with Gasteiger partial charge in [0.05, 0.1) is 0 Å². The number of rotatable bonds is 4. The van der Waals surface area contributed by atoms with Crippen molar-refractivity contribution in [1.82, 2.24) is 0 Å². The molecule has 14 heavy (non-hydrogen) atoms. The molecule has 0 fully saturated rings. The lowest BCUT2D eigenvalue weighted by Crippen LogP contribution is -2.31. The maximum Gasteiger partial charge on any atom is 0.0175 e. The van der Waals surface area contributed by atoms with Gasteiger partial charge in [0.15, 0.2) is 0 Å². The molecule has 0 aliphatic rings. The quantitative estimate of drug-likeness (QED) is 0.820. The molecule has 0 radical (unpaired) electrons. The molecule has 2 N–H and O–H groups in total. The Morgan fingerprint density at radius 1 is 1.43 bits per heavy atom. The van der Waals surface area contributed by atoms with Crippen LogP contribution in [0.2, 0.25) is 0 Å². The average Bonchev–Trinajstić information content (AvgIpc) is 2.19. The van der Waals surface area contributed by atoms with Crippen molar-refractivity contribution in [2.45, 2.75) is 18.8 Å². The molecule has 0 spiro atoms. The standard InChI is InChI=1S/C12H16BrN/c1-3-8-12(2,9-14)10-4-6-11(13)7-5-10/h3-7H,1,8-9,14H2,2H3. The van der Waals surface area contributed by atoms with Crippen LogP contribution >= 0.6 is 15.9 Å². The Hall–Kier alpha value is -0.600. The number of nitrogens with two attached hydrogens (primary N) is 1. The van der Waals surface area contributed by atoms with Crippen LogP contribution in [-0.4, -0.2) is 6.54 Å². The van der Waals surface area contributed by atoms with Crippen LogP contribution in [0.15, 0.2) is 41.4 Å². The molecule has 1 rings (SSSR count). The highest BCUT2D eigenvalue weighted by molar-refractivity contribution is 9.10. The monoisotopic (exact) mass is 253 g/mol. The minimum absolute atomic E-state index is 0.0163. The molecule has 0 heterocycles. The van der Waals surface area contributed by atoms with Gasteiger partial charge in [-0.25, -0.2) is 0 Å². The van der Waals surface area contributed by atoms with E-state index in [-0.39, 0.29) is 5.41 Å². The van der Waals surface area contributed by atoms with E-state index < -0.39 is 0 Å². The Kier molecular flexibility index (Phi) is 3.90. The molecular weight excluding hydrogens is 238 g/mol. The normalized spacial score (nSPS) is 14.8. The maximum atomic E-state index is 5.80. The first-order chi connectivity index (χ1) is 6.62. The third-order valence-corrected chi connectivity index (χ3v) is 3.12. The van der Waals surface area contributed by atoms with E-state index >= 15 is 0 Å². The molecule has 0 aliphatic heterocycles. The number of halogens is 1. The summed E-state index contributed by atoms with van der Waals surface area (Å²) in [5, 5.41) is 0. The number of allylic oxidation sites excluding steroid dienone is 1. The molecule has 0 aliphatic carbocycles. The lowest BCUT2D eigenvalue weighted by atomic mass is 9.80. The van der Waals surface area contributed by atoms with Crippen molar-refractivity contribution < 1.29 is 0 Å². The predicted molar refractivity (Wildman–Crippen MR) is 65.4 cm³/mol. The maximum absolute atomic E-state index is 5.80. The molecule has 0 amide bonds. The Morgan fingerprint density at radius 2 is 2.00 bits per heavy atom. The van der Waals surface area contributed by atoms with Gasteiger partial charge in [0.1, 0.15) is 0 Å². The van der Waals surface area contributed by atoms with Gasteiger partial charge in [-0.15, -0.1) is 6.58 Å². The van der Waals surface area contributed by atoms with Crippen molar-refractivity contribution >= 4 is 15.9 Å². The lowest BCUT2D eigenvalue weighted by molar-refractivity contribution is 0.491. The van der Waals surface area contributed by atoms with Gasteiger partial charge >= 0.3 is 0 Å². The summed E-state index contributed by atoms with van der Waals surface area (Å²) in [6.45, 7) is 6.58. The van der Waals surface area contributed by atoms with Gasteiger partial charge in [-0.3, -0.25) is 0 Å². The van der Waals surface area contributed by atoms with Crippen LogP contribution in [0.4, 0.5) is 0 Å². The van der Waals surface area contributed by atoms with Gasteiger partial charge in [-0.05, 0) is 24.1 Å². The van der Waals surface area contributed by atoms with Crippen LogP contribution in [0.5, 0.6) is 0 Å². The fraction of sp³-hybridized carbons (Fsp3) is 0.333. The van der Waals surface area contributed by atoms with Gasteiger partial charge in [0.2, 0.25) is 0 Å². The van der Waals surface area contributed by atoms with E-state index in [1.165, 1.54) is 5.56 Å². The van der Waals surface area contributed by atoms with Crippen LogP contribution in [0.3, 0.4) is 0 Å². The molecule has 1 aromatic rings. The van der Waals surface area contributed by atoms with Crippen LogP contribution in [-0.2, 0) is 5.41 Å². The SMILES string of the molecule is C=CCC(C)(CN)c1ccc(Br)cc1. The largest absolute Gasteiger partial charge is 0.330 e. The van der Waals surface area contributed by atoms with Gasteiger partial charge < -0.3 is 5.73 Å². The van der Waals surface area contributed by atoms with Crippen molar-refractivity contribution in [2.24, 2.45) is 5.73 Å². The molecule has 1 aromatic carbocycles. The van der Waals surface area contributed by atoms with E-state index in [1.54, 1.807) is 0 Å². The summed E-state index contributed by atoms with van der Waals surface area (Å²) in [7, 11) is 0. The molecule has 2 heteroatoms. The lowest BCUT2D eigenvalue weighted by Gasteiger charge is -2.27. The van der Waals surface area contributed by atoms with E-state index in [1.807, 2.05) is 18.2 Å². The van der Waals surface area contributed by atoms with Crippen molar-refractivity contribution in [3.63, 3.8) is 0 Å². The zero-order chi connectivity index (χ0) is 10.6. The first-order valence-electron chi connectivity index (χ1n) is 4.69. The molecule has 1 nitrogen and oxygen atoms in total. The van der Waals surface area contributed by atoms with E-state index in [2.05, 4.69) is 41.6 Å². The summed E-state index contributed by atoms with van der Waals surface area (Å²) in [4.78, 5) is 0. The second-order valence-corrected chi connectivity index (χ2v) is 4.68. The Morgan fingerprint density at radius 3 is 2.43 bits per heavy atom. The van der Waals surface area contributed by atoms with E-state index in [9.17, 15) is 0 Å². The number of hydrogen-bond acceptors (Lipinski definition) is 1. The first kappa shape index (κ1) is 11.5. The van der Waals surface area contributed by atoms with Crippen LogP contribution in [0.1, 0.15) is 18.9 Å². The van der Waals surface area contributed by atoms with Gasteiger partial charge in [0, 0.05) is 16.4 Å². The van der Waals surface area contributed by atoms with E-state index in [0.29, 0.717) is 6.54 Å². The molecule has 0 bridgehead atoms. The summed E-state index contributed by atoms with van der Waals surface area (Å²) in [6.07, 6.45) is 2.83. The molecular formula is C12H16BrN. The van der Waals surface area contributed by atoms with E-state index in [4.69, 9.17) is 5.73 Å². The minimum atomic E-state index is 0.0163. The first-order valence-corrected chi connectivity index (χ1v) is 5.49. The zero-order valence-electron chi connectivity index (χ0n) is 8.46. The number of hydrogen-bond donors (Lipinski definition) is 1. The second kappa shape index (κ2) is 4.76. The fourth-order valence-electron chi connectivity index (χ4n) is 1.49. The molecule has 1 atom stereocenters. The van der Waals surface area contributed by atoms with E-state index in [0.717, 1.165) is 10.9 Å². The Bertz CT molecular complexity index is 305. The van der Waals surface area contributed by atoms with Crippen molar-refractivity contribution in [2.75, 3.05) is 6.54 Å². The summed E-state index contributed by atoms with van der Waals surface area (Å²) < 4.78 is 1.10. The summed E-state index contributed by atoms with van der Waals surface area (Å²) in [5.74, 6) is 0. The van der Waals surface area contributed by atoms with Crippen LogP contribution in [0, 0.1) is 0 Å². The highest BCUT2D eigenvalue weighted by atomic mass is 79.9. The predicted octanol–water partition coefficient (Wildman–Crippen LogP) is 3.24. The third-order valence-electron chi connectivity index (χ3n) is 2.59. The third kappa shape index (κ3) is 2.46. The summed E-state index contributed by atoms with van der Waals surface area (Å²) >= 11 is 3.42. The smallest absolute Gasteiger partial charge is 0.0175 e. The van der Waals surface area contributed by atoms with Gasteiger partial charge in [-0.2, -0.15) is 0 Å². The highest BCUT2D eigenvalue weighted by Gasteiger charge is 2.22. The fourth-order valence-corrected chi connectivity index (χ4v) is 1.75. The average molecular weight is 254 g/mol. The van der Waals surface area contributed by atoms with Gasteiger partial charge in [-0.1, -0.05) is 41.1 Å². The zero-order valence-corrected chi connectivity index (χ0v) is 10.0. The second-order valence-electron chi connectivity index (χ2n) is 3.76. The topological polar surface area (TPSA) is 26.0 Å². The summed E-state index contributed by atoms with van der Waals surface area (Å²) in [6, 6.07) is 8.32. The summed E-state index contributed by atoms with van der Waals surface area (Å²) in [5.41, 5.74) is 7.09. The molecule has 76 valence electrons. The van der Waals surface area contributed by atoms with Crippen LogP contribution in [0.25, 0.3) is 0 Å². The number of benzene rings is 1. The molecule has 0 aromatic heterocycles. The Labute approximate surface area is 94.1 Å².